The van der Waals surface area contributed by atoms with E-state index < -0.39 is 32.6 Å². The molecule has 4 aromatic rings. The molecular formula is C21H13F3N2O4S. The topological polar surface area (TPSA) is 89.3 Å². The van der Waals surface area contributed by atoms with Gasteiger partial charge < -0.3 is 5.11 Å². The Labute approximate surface area is 174 Å². The van der Waals surface area contributed by atoms with Crippen molar-refractivity contribution < 1.29 is 31.5 Å². The molecule has 0 saturated heterocycles. The molecule has 0 radical (unpaired) electrons. The number of benzene rings is 3. The molecule has 0 fully saturated rings. The fourth-order valence-corrected chi connectivity index (χ4v) is 4.73. The number of hydrogen-bond donors (Lipinski definition) is 1. The van der Waals surface area contributed by atoms with Crippen LogP contribution in [0.3, 0.4) is 0 Å². The van der Waals surface area contributed by atoms with Gasteiger partial charge in [0.25, 0.3) is 10.0 Å². The fourth-order valence-electron chi connectivity index (χ4n) is 3.23. The largest absolute Gasteiger partial charge is 0.478 e. The first-order valence-electron chi connectivity index (χ1n) is 8.84. The number of aromatic carboxylic acids is 1. The first-order chi connectivity index (χ1) is 14.6. The predicted octanol–water partition coefficient (Wildman–Crippen LogP) is 4.66. The van der Waals surface area contributed by atoms with Gasteiger partial charge in [-0.2, -0.15) is 30.8 Å². The highest BCUT2D eigenvalue weighted by Gasteiger charge is 2.38. The van der Waals surface area contributed by atoms with Crippen molar-refractivity contribution in [2.24, 2.45) is 0 Å². The van der Waals surface area contributed by atoms with E-state index in [1.54, 1.807) is 18.2 Å². The van der Waals surface area contributed by atoms with Crippen LogP contribution in [0.25, 0.3) is 22.2 Å². The first-order valence-corrected chi connectivity index (χ1v) is 10.3. The molecule has 0 saturated carbocycles. The summed E-state index contributed by atoms with van der Waals surface area (Å²) in [6.07, 6.45) is -4.87. The minimum absolute atomic E-state index is 0.0271. The van der Waals surface area contributed by atoms with Gasteiger partial charge in [-0.1, -0.05) is 42.5 Å². The summed E-state index contributed by atoms with van der Waals surface area (Å²) in [5, 5.41) is 13.6. The molecule has 3 aromatic carbocycles. The monoisotopic (exact) mass is 446 g/mol. The van der Waals surface area contributed by atoms with E-state index in [0.717, 1.165) is 12.1 Å². The highest BCUT2D eigenvalue weighted by atomic mass is 32.2. The summed E-state index contributed by atoms with van der Waals surface area (Å²) in [6, 6.07) is 15.7. The Balaban J connectivity index is 1.95. The van der Waals surface area contributed by atoms with E-state index in [0.29, 0.717) is 21.1 Å². The Bertz CT molecular complexity index is 1410. The van der Waals surface area contributed by atoms with Crippen LogP contribution >= 0.6 is 0 Å². The SMILES string of the molecule is O=C(O)c1ccc(-c2nn(S(=O)(=O)c3ccccc3C(F)(F)F)c3ccccc23)cc1. The number of hydrogen-bond acceptors (Lipinski definition) is 4. The summed E-state index contributed by atoms with van der Waals surface area (Å²) < 4.78 is 67.3. The Morgan fingerprint density at radius 3 is 2.16 bits per heavy atom. The number of carboxylic acid groups (broad SMARTS) is 1. The van der Waals surface area contributed by atoms with E-state index in [4.69, 9.17) is 5.11 Å². The molecule has 6 nitrogen and oxygen atoms in total. The lowest BCUT2D eigenvalue weighted by molar-refractivity contribution is -0.139. The maximum Gasteiger partial charge on any atom is 0.417 e. The Morgan fingerprint density at radius 2 is 1.52 bits per heavy atom. The van der Waals surface area contributed by atoms with Crippen LogP contribution in [0.4, 0.5) is 13.2 Å². The molecule has 1 N–H and O–H groups in total. The maximum atomic E-state index is 13.4. The van der Waals surface area contributed by atoms with E-state index >= 15 is 0 Å². The number of halogens is 3. The van der Waals surface area contributed by atoms with Crippen molar-refractivity contribution >= 4 is 26.9 Å². The van der Waals surface area contributed by atoms with Gasteiger partial charge >= 0.3 is 12.1 Å². The van der Waals surface area contributed by atoms with Crippen molar-refractivity contribution in [1.29, 1.82) is 0 Å². The summed E-state index contributed by atoms with van der Waals surface area (Å²) in [7, 11) is -4.70. The summed E-state index contributed by atoms with van der Waals surface area (Å²) in [6.45, 7) is 0. The van der Waals surface area contributed by atoms with Crippen LogP contribution in [-0.4, -0.2) is 28.7 Å². The normalized spacial score (nSPS) is 12.2. The number of rotatable bonds is 4. The zero-order valence-electron chi connectivity index (χ0n) is 15.5. The molecule has 0 bridgehead atoms. The fraction of sp³-hybridized carbons (Fsp3) is 0.0476. The number of carboxylic acids is 1. The van der Waals surface area contributed by atoms with Crippen molar-refractivity contribution in [2.75, 3.05) is 0 Å². The second-order valence-corrected chi connectivity index (χ2v) is 8.33. The van der Waals surface area contributed by atoms with Crippen LogP contribution < -0.4 is 0 Å². The van der Waals surface area contributed by atoms with Crippen molar-refractivity contribution in [2.45, 2.75) is 11.1 Å². The Kier molecular flexibility index (Phi) is 4.81. The third kappa shape index (κ3) is 3.55. The van der Waals surface area contributed by atoms with Crippen LogP contribution in [0.2, 0.25) is 0 Å². The van der Waals surface area contributed by atoms with E-state index in [1.807, 2.05) is 0 Å². The molecule has 0 aliphatic rings. The van der Waals surface area contributed by atoms with Gasteiger partial charge in [0, 0.05) is 10.9 Å². The van der Waals surface area contributed by atoms with Gasteiger partial charge in [0.2, 0.25) is 0 Å². The number of carbonyl (C=O) groups is 1. The average molecular weight is 446 g/mol. The average Bonchev–Trinajstić information content (AvgIpc) is 3.14. The Hall–Kier alpha value is -3.66. The summed E-state index contributed by atoms with van der Waals surface area (Å²) in [5.41, 5.74) is -0.558. The third-order valence-corrected chi connectivity index (χ3v) is 6.30. The van der Waals surface area contributed by atoms with Gasteiger partial charge in [0.05, 0.1) is 16.6 Å². The van der Waals surface area contributed by atoms with Gasteiger partial charge in [0.1, 0.15) is 10.6 Å². The highest BCUT2D eigenvalue weighted by Crippen LogP contribution is 2.36. The Morgan fingerprint density at radius 1 is 0.903 bits per heavy atom. The number of alkyl halides is 3. The van der Waals surface area contributed by atoms with Gasteiger partial charge in [0.15, 0.2) is 0 Å². The van der Waals surface area contributed by atoms with Crippen LogP contribution in [-0.2, 0) is 16.2 Å². The van der Waals surface area contributed by atoms with Crippen LogP contribution in [0.15, 0.2) is 77.7 Å². The van der Waals surface area contributed by atoms with Gasteiger partial charge in [-0.3, -0.25) is 0 Å². The molecule has 0 unspecified atom stereocenters. The van der Waals surface area contributed by atoms with E-state index in [-0.39, 0.29) is 16.8 Å². The molecule has 4 rings (SSSR count). The molecule has 10 heteroatoms. The summed E-state index contributed by atoms with van der Waals surface area (Å²) in [4.78, 5) is 10.2. The molecule has 0 aliphatic carbocycles. The second kappa shape index (κ2) is 7.24. The van der Waals surface area contributed by atoms with Crippen molar-refractivity contribution in [3.63, 3.8) is 0 Å². The molecule has 31 heavy (non-hydrogen) atoms. The van der Waals surface area contributed by atoms with Gasteiger partial charge in [-0.05, 0) is 30.3 Å². The number of para-hydroxylation sites is 1. The van der Waals surface area contributed by atoms with E-state index in [2.05, 4.69) is 5.10 Å². The molecule has 0 aliphatic heterocycles. The van der Waals surface area contributed by atoms with E-state index in [9.17, 15) is 26.4 Å². The quantitative estimate of drug-likeness (QED) is 0.493. The molecule has 0 spiro atoms. The molecule has 158 valence electrons. The zero-order valence-corrected chi connectivity index (χ0v) is 16.4. The predicted molar refractivity (Wildman–Crippen MR) is 106 cm³/mol. The van der Waals surface area contributed by atoms with Gasteiger partial charge in [-0.15, -0.1) is 0 Å². The summed E-state index contributed by atoms with van der Waals surface area (Å²) >= 11 is 0. The smallest absolute Gasteiger partial charge is 0.417 e. The third-order valence-electron chi connectivity index (χ3n) is 4.66. The van der Waals surface area contributed by atoms with Crippen LogP contribution in [0.5, 0.6) is 0 Å². The lowest BCUT2D eigenvalue weighted by Crippen LogP contribution is -2.19. The lowest BCUT2D eigenvalue weighted by atomic mass is 10.1. The molecule has 0 amide bonds. The highest BCUT2D eigenvalue weighted by molar-refractivity contribution is 7.90. The van der Waals surface area contributed by atoms with E-state index in [1.165, 1.54) is 36.4 Å². The maximum absolute atomic E-state index is 13.4. The summed E-state index contributed by atoms with van der Waals surface area (Å²) in [5.74, 6) is -1.13. The zero-order chi connectivity index (χ0) is 22.4. The van der Waals surface area contributed by atoms with Crippen molar-refractivity contribution in [3.8, 4) is 11.3 Å². The standard InChI is InChI=1S/C21H13F3N2O4S/c22-21(23,24)16-6-2-4-8-18(16)31(29,30)26-17-7-3-1-5-15(17)19(25-26)13-9-11-14(12-10-13)20(27)28/h1-12H,(H,27,28). The molecule has 1 heterocycles. The van der Waals surface area contributed by atoms with Crippen molar-refractivity contribution in [3.05, 3.63) is 83.9 Å². The number of aromatic nitrogens is 2. The second-order valence-electron chi connectivity index (χ2n) is 6.59. The number of fused-ring (bicyclic) bond motifs is 1. The first kappa shape index (κ1) is 20.6. The van der Waals surface area contributed by atoms with Crippen molar-refractivity contribution in [1.82, 2.24) is 9.19 Å². The minimum atomic E-state index is -4.87. The van der Waals surface area contributed by atoms with Crippen LogP contribution in [0.1, 0.15) is 15.9 Å². The minimum Gasteiger partial charge on any atom is -0.478 e. The van der Waals surface area contributed by atoms with Crippen LogP contribution in [0, 0.1) is 0 Å². The lowest BCUT2D eigenvalue weighted by Gasteiger charge is -2.13. The molecule has 0 atom stereocenters. The molecular weight excluding hydrogens is 433 g/mol. The molecule has 1 aromatic heterocycles. The van der Waals surface area contributed by atoms with Gasteiger partial charge in [-0.25, -0.2) is 4.79 Å². The number of nitrogens with zero attached hydrogens (tertiary/aromatic N) is 2.